The van der Waals surface area contributed by atoms with Crippen LogP contribution in [0.25, 0.3) is 11.0 Å². The van der Waals surface area contributed by atoms with Crippen molar-refractivity contribution in [1.82, 2.24) is 14.5 Å². The van der Waals surface area contributed by atoms with Crippen molar-refractivity contribution in [3.05, 3.63) is 47.8 Å². The molecule has 2 N–H and O–H groups in total. The molecule has 29 heavy (non-hydrogen) atoms. The second-order valence-corrected chi connectivity index (χ2v) is 6.92. The summed E-state index contributed by atoms with van der Waals surface area (Å²) >= 11 is 0. The lowest BCUT2D eigenvalue weighted by Gasteiger charge is -2.34. The highest BCUT2D eigenvalue weighted by atomic mass is 35.5. The van der Waals surface area contributed by atoms with Gasteiger partial charge in [0.25, 0.3) is 0 Å². The van der Waals surface area contributed by atoms with Crippen LogP contribution < -0.4 is 15.4 Å². The smallest absolute Gasteiger partial charge is 0.206 e. The van der Waals surface area contributed by atoms with Gasteiger partial charge in [-0.1, -0.05) is 0 Å². The topological polar surface area (TPSA) is 93.0 Å². The van der Waals surface area contributed by atoms with E-state index in [4.69, 9.17) is 20.7 Å². The van der Waals surface area contributed by atoms with E-state index in [1.165, 1.54) is 0 Å². The summed E-state index contributed by atoms with van der Waals surface area (Å²) in [4.78, 5) is 11.2. The molecule has 4 rings (SSSR count). The number of rotatable bonds is 4. The predicted molar refractivity (Wildman–Crippen MR) is 111 cm³/mol. The second kappa shape index (κ2) is 8.64. The fourth-order valence-electron chi connectivity index (χ4n) is 3.50. The molecule has 7 nitrogen and oxygen atoms in total. The van der Waals surface area contributed by atoms with Crippen LogP contribution in [-0.4, -0.2) is 46.9 Å². The van der Waals surface area contributed by atoms with Crippen molar-refractivity contribution in [2.75, 3.05) is 25.1 Å². The maximum atomic E-state index is 13.9. The number of piperidine rings is 1. The zero-order valence-electron chi connectivity index (χ0n) is 16.0. The van der Waals surface area contributed by atoms with Crippen molar-refractivity contribution >= 4 is 29.4 Å². The van der Waals surface area contributed by atoms with Crippen LogP contribution in [0.2, 0.25) is 0 Å². The maximum absolute atomic E-state index is 13.9. The summed E-state index contributed by atoms with van der Waals surface area (Å²) in [5.74, 6) is 1.45. The predicted octanol–water partition coefficient (Wildman–Crippen LogP) is 2.66. The summed E-state index contributed by atoms with van der Waals surface area (Å²) in [5, 5.41) is 8.97. The van der Waals surface area contributed by atoms with Gasteiger partial charge in [0.2, 0.25) is 5.95 Å². The minimum Gasteiger partial charge on any atom is -0.497 e. The van der Waals surface area contributed by atoms with Gasteiger partial charge in [0.05, 0.1) is 42.0 Å². The third-order valence-corrected chi connectivity index (χ3v) is 5.06. The van der Waals surface area contributed by atoms with Crippen LogP contribution in [0.3, 0.4) is 0 Å². The molecule has 0 amide bonds. The number of alkyl halides is 1. The molecule has 1 fully saturated rings. The number of fused-ring (bicyclic) bond motifs is 1. The van der Waals surface area contributed by atoms with E-state index in [1.54, 1.807) is 19.4 Å². The van der Waals surface area contributed by atoms with Gasteiger partial charge < -0.3 is 19.9 Å². The van der Waals surface area contributed by atoms with E-state index in [9.17, 15) is 4.39 Å². The Morgan fingerprint density at radius 1 is 1.34 bits per heavy atom. The average molecular weight is 417 g/mol. The number of anilines is 1. The van der Waals surface area contributed by atoms with Gasteiger partial charge in [-0.15, -0.1) is 12.4 Å². The van der Waals surface area contributed by atoms with Gasteiger partial charge in [0.1, 0.15) is 18.0 Å². The zero-order chi connectivity index (χ0) is 19.7. The molecule has 9 heteroatoms. The molecule has 0 unspecified atom stereocenters. The summed E-state index contributed by atoms with van der Waals surface area (Å²) in [6, 6.07) is 10.8. The number of methoxy groups -OCH3 is 1. The molecule has 2 aromatic heterocycles. The highest BCUT2D eigenvalue weighted by Gasteiger charge is 2.29. The average Bonchev–Trinajstić information content (AvgIpc) is 3.08. The fraction of sp³-hybridized carbons (Fsp3) is 0.350. The Hall–Kier alpha value is -2.89. The summed E-state index contributed by atoms with van der Waals surface area (Å²) in [6.07, 6.45) is 0.944. The van der Waals surface area contributed by atoms with Crippen LogP contribution in [-0.2, 0) is 6.54 Å². The molecular weight excluding hydrogens is 395 g/mol. The van der Waals surface area contributed by atoms with E-state index in [1.807, 2.05) is 29.2 Å². The molecule has 0 spiro atoms. The molecule has 1 aromatic carbocycles. The number of pyridine rings is 1. The largest absolute Gasteiger partial charge is 0.497 e. The number of nitriles is 1. The van der Waals surface area contributed by atoms with Gasteiger partial charge in [0.15, 0.2) is 0 Å². The standard InChI is InChI=1S/C20H21FN6O.ClH/c1-28-15-4-5-19-18(8-15)25-20(26-7-6-16(21)17(23)12-26)27(19)11-14-3-2-13(9-22)10-24-14;/h2-5,8,10,16-17H,6-7,11-12,23H2,1H3;1H/t16-,17+;/m0./s1. The van der Waals surface area contributed by atoms with Gasteiger partial charge >= 0.3 is 0 Å². The van der Waals surface area contributed by atoms with E-state index in [2.05, 4.69) is 15.6 Å². The first-order valence-corrected chi connectivity index (χ1v) is 9.13. The Kier molecular flexibility index (Phi) is 6.20. The molecule has 1 aliphatic rings. The lowest BCUT2D eigenvalue weighted by Crippen LogP contribution is -2.50. The molecule has 3 heterocycles. The molecule has 2 atom stereocenters. The Balaban J connectivity index is 0.00000240. The first-order valence-electron chi connectivity index (χ1n) is 9.13. The van der Waals surface area contributed by atoms with E-state index in [-0.39, 0.29) is 12.4 Å². The van der Waals surface area contributed by atoms with Gasteiger partial charge in [0, 0.05) is 25.4 Å². The van der Waals surface area contributed by atoms with E-state index in [0.717, 1.165) is 28.4 Å². The number of aromatic nitrogens is 3. The monoisotopic (exact) mass is 416 g/mol. The SMILES string of the molecule is COc1ccc2c(c1)nc(N1CC[C@H](F)[C@H](N)C1)n2Cc1ccc(C#N)cn1.Cl. The number of hydrogen-bond donors (Lipinski definition) is 1. The quantitative estimate of drug-likeness (QED) is 0.702. The third kappa shape index (κ3) is 4.11. The minimum absolute atomic E-state index is 0. The zero-order valence-corrected chi connectivity index (χ0v) is 16.8. The van der Waals surface area contributed by atoms with Gasteiger partial charge in [-0.25, -0.2) is 9.37 Å². The molecule has 1 saturated heterocycles. The number of halogens is 2. The maximum Gasteiger partial charge on any atom is 0.206 e. The first-order chi connectivity index (χ1) is 13.6. The number of benzene rings is 1. The van der Waals surface area contributed by atoms with Crippen molar-refractivity contribution in [1.29, 1.82) is 5.26 Å². The number of hydrogen-bond acceptors (Lipinski definition) is 6. The van der Waals surface area contributed by atoms with Gasteiger partial charge in [-0.2, -0.15) is 5.26 Å². The second-order valence-electron chi connectivity index (χ2n) is 6.92. The fourth-order valence-corrected chi connectivity index (χ4v) is 3.50. The molecule has 3 aromatic rings. The van der Waals surface area contributed by atoms with Crippen LogP contribution in [0.4, 0.5) is 10.3 Å². The van der Waals surface area contributed by atoms with Crippen LogP contribution in [0, 0.1) is 11.3 Å². The molecule has 0 saturated carbocycles. The van der Waals surface area contributed by atoms with Crippen LogP contribution in [0.1, 0.15) is 17.7 Å². The van der Waals surface area contributed by atoms with Crippen molar-refractivity contribution < 1.29 is 9.13 Å². The number of nitrogens with two attached hydrogens (primary N) is 1. The highest BCUT2D eigenvalue weighted by Crippen LogP contribution is 2.29. The summed E-state index contributed by atoms with van der Waals surface area (Å²) in [7, 11) is 1.62. The lowest BCUT2D eigenvalue weighted by molar-refractivity contribution is 0.243. The Labute approximate surface area is 174 Å². The van der Waals surface area contributed by atoms with E-state index < -0.39 is 12.2 Å². The lowest BCUT2D eigenvalue weighted by atomic mass is 10.1. The number of nitrogens with zero attached hydrogens (tertiary/aromatic N) is 5. The van der Waals surface area contributed by atoms with Crippen molar-refractivity contribution in [2.45, 2.75) is 25.2 Å². The minimum atomic E-state index is -0.991. The van der Waals surface area contributed by atoms with Crippen LogP contribution >= 0.6 is 12.4 Å². The molecule has 0 radical (unpaired) electrons. The summed E-state index contributed by atoms with van der Waals surface area (Å²) in [5.41, 5.74) is 9.00. The van der Waals surface area contributed by atoms with Crippen molar-refractivity contribution in [3.8, 4) is 11.8 Å². The number of imidazole rings is 1. The number of ether oxygens (including phenoxy) is 1. The molecule has 1 aliphatic heterocycles. The Morgan fingerprint density at radius 3 is 2.83 bits per heavy atom. The van der Waals surface area contributed by atoms with E-state index >= 15 is 0 Å². The molecule has 152 valence electrons. The van der Waals surface area contributed by atoms with Gasteiger partial charge in [-0.05, 0) is 30.7 Å². The Bertz CT molecular complexity index is 1030. The third-order valence-electron chi connectivity index (χ3n) is 5.06. The summed E-state index contributed by atoms with van der Waals surface area (Å²) < 4.78 is 21.2. The normalized spacial score (nSPS) is 18.9. The van der Waals surface area contributed by atoms with E-state index in [0.29, 0.717) is 31.6 Å². The highest BCUT2D eigenvalue weighted by molar-refractivity contribution is 5.85. The Morgan fingerprint density at radius 2 is 2.17 bits per heavy atom. The summed E-state index contributed by atoms with van der Waals surface area (Å²) in [6.45, 7) is 1.44. The first kappa shape index (κ1) is 20.8. The van der Waals surface area contributed by atoms with Crippen LogP contribution in [0.15, 0.2) is 36.5 Å². The molecule has 0 bridgehead atoms. The van der Waals surface area contributed by atoms with Crippen molar-refractivity contribution in [3.63, 3.8) is 0 Å². The molecular formula is C20H22ClFN6O. The van der Waals surface area contributed by atoms with Gasteiger partial charge in [-0.3, -0.25) is 4.98 Å². The molecule has 0 aliphatic carbocycles. The van der Waals surface area contributed by atoms with Crippen LogP contribution in [0.5, 0.6) is 5.75 Å². The van der Waals surface area contributed by atoms with Crippen molar-refractivity contribution in [2.24, 2.45) is 5.73 Å².